The fourth-order valence-electron chi connectivity index (χ4n) is 2.17. The molecule has 0 aliphatic rings. The zero-order valence-corrected chi connectivity index (χ0v) is 16.1. The summed E-state index contributed by atoms with van der Waals surface area (Å²) in [5.41, 5.74) is 0.133. The summed E-state index contributed by atoms with van der Waals surface area (Å²) in [7, 11) is -0.877. The standard InChI is InChI=1S/C18H16F3N3O4S/c1-24(2)29(26,27)15-6-3-12(4-7-15)17(25)23-14-5-8-16(13(9-14)10-22)28-11-18(19,20)21/h3-9H,11H2,1-2H3,(H,23,25). The van der Waals surface area contributed by atoms with Crippen LogP contribution in [0, 0.1) is 11.3 Å². The van der Waals surface area contributed by atoms with Crippen LogP contribution in [0.3, 0.4) is 0 Å². The highest BCUT2D eigenvalue weighted by atomic mass is 32.2. The zero-order valence-electron chi connectivity index (χ0n) is 15.3. The third-order valence-electron chi connectivity index (χ3n) is 3.64. The van der Waals surface area contributed by atoms with Crippen LogP contribution in [-0.4, -0.2) is 45.5 Å². The van der Waals surface area contributed by atoms with Gasteiger partial charge in [0.15, 0.2) is 6.61 Å². The van der Waals surface area contributed by atoms with Gasteiger partial charge in [-0.15, -0.1) is 0 Å². The number of nitrogens with zero attached hydrogens (tertiary/aromatic N) is 2. The maximum atomic E-state index is 12.3. The van der Waals surface area contributed by atoms with Gasteiger partial charge in [0.2, 0.25) is 10.0 Å². The number of ether oxygens (including phenoxy) is 1. The lowest BCUT2D eigenvalue weighted by Gasteiger charge is -2.13. The lowest BCUT2D eigenvalue weighted by atomic mass is 10.1. The van der Waals surface area contributed by atoms with Gasteiger partial charge in [0.25, 0.3) is 5.91 Å². The molecule has 0 atom stereocenters. The van der Waals surface area contributed by atoms with Crippen molar-refractivity contribution in [3.8, 4) is 11.8 Å². The van der Waals surface area contributed by atoms with Gasteiger partial charge < -0.3 is 10.1 Å². The highest BCUT2D eigenvalue weighted by molar-refractivity contribution is 7.89. The van der Waals surface area contributed by atoms with Crippen molar-refractivity contribution in [3.05, 3.63) is 53.6 Å². The van der Waals surface area contributed by atoms with Crippen molar-refractivity contribution in [1.82, 2.24) is 4.31 Å². The van der Waals surface area contributed by atoms with Gasteiger partial charge in [-0.3, -0.25) is 4.79 Å². The Bertz CT molecular complexity index is 1040. The van der Waals surface area contributed by atoms with Gasteiger partial charge >= 0.3 is 6.18 Å². The summed E-state index contributed by atoms with van der Waals surface area (Å²) in [5, 5.41) is 11.6. The van der Waals surface area contributed by atoms with E-state index in [4.69, 9.17) is 5.26 Å². The predicted octanol–water partition coefficient (Wildman–Crippen LogP) is 3.00. The molecule has 11 heteroatoms. The SMILES string of the molecule is CN(C)S(=O)(=O)c1ccc(C(=O)Nc2ccc(OCC(F)(F)F)c(C#N)c2)cc1. The molecule has 0 saturated carbocycles. The molecule has 29 heavy (non-hydrogen) atoms. The van der Waals surface area contributed by atoms with E-state index in [1.54, 1.807) is 6.07 Å². The number of anilines is 1. The Balaban J connectivity index is 2.15. The molecule has 0 saturated heterocycles. The molecular weight excluding hydrogens is 411 g/mol. The Morgan fingerprint density at radius 2 is 1.79 bits per heavy atom. The van der Waals surface area contributed by atoms with Crippen LogP contribution >= 0.6 is 0 Å². The molecule has 1 N–H and O–H groups in total. The highest BCUT2D eigenvalue weighted by Crippen LogP contribution is 2.25. The Kier molecular flexibility index (Phi) is 6.51. The minimum absolute atomic E-state index is 0.0111. The molecule has 1 amide bonds. The Hall–Kier alpha value is -3.10. The molecular formula is C18H16F3N3O4S. The van der Waals surface area contributed by atoms with Crippen LogP contribution in [0.4, 0.5) is 18.9 Å². The van der Waals surface area contributed by atoms with Crippen LogP contribution < -0.4 is 10.1 Å². The predicted molar refractivity (Wildman–Crippen MR) is 98.0 cm³/mol. The summed E-state index contributed by atoms with van der Waals surface area (Å²) in [5.74, 6) is -0.854. The third kappa shape index (κ3) is 5.69. The van der Waals surface area contributed by atoms with Crippen LogP contribution in [0.25, 0.3) is 0 Å². The van der Waals surface area contributed by atoms with Crippen molar-refractivity contribution in [1.29, 1.82) is 5.26 Å². The quantitative estimate of drug-likeness (QED) is 0.764. The summed E-state index contributed by atoms with van der Waals surface area (Å²) < 4.78 is 66.5. The smallest absolute Gasteiger partial charge is 0.422 e. The molecule has 0 aliphatic carbocycles. The van der Waals surface area contributed by atoms with Crippen molar-refractivity contribution in [2.45, 2.75) is 11.1 Å². The number of rotatable bonds is 6. The summed E-state index contributed by atoms with van der Waals surface area (Å²) >= 11 is 0. The second kappa shape index (κ2) is 8.50. The van der Waals surface area contributed by atoms with Gasteiger partial charge in [0.1, 0.15) is 11.8 Å². The van der Waals surface area contributed by atoms with Crippen molar-refractivity contribution < 1.29 is 31.1 Å². The van der Waals surface area contributed by atoms with Gasteiger partial charge in [0.05, 0.1) is 10.5 Å². The molecule has 0 radical (unpaired) electrons. The van der Waals surface area contributed by atoms with Crippen molar-refractivity contribution in [2.24, 2.45) is 0 Å². The van der Waals surface area contributed by atoms with E-state index >= 15 is 0 Å². The molecule has 0 spiro atoms. The highest BCUT2D eigenvalue weighted by Gasteiger charge is 2.29. The number of nitrogens with one attached hydrogen (secondary N) is 1. The Morgan fingerprint density at radius 3 is 2.31 bits per heavy atom. The molecule has 0 fully saturated rings. The number of hydrogen-bond acceptors (Lipinski definition) is 5. The van der Waals surface area contributed by atoms with E-state index in [0.717, 1.165) is 10.4 Å². The molecule has 2 aromatic carbocycles. The number of carbonyl (C=O) groups is 1. The second-order valence-electron chi connectivity index (χ2n) is 5.99. The molecule has 0 aromatic heterocycles. The third-order valence-corrected chi connectivity index (χ3v) is 5.47. The first kappa shape index (κ1) is 22.2. The average Bonchev–Trinajstić information content (AvgIpc) is 2.66. The van der Waals surface area contributed by atoms with Crippen LogP contribution in [-0.2, 0) is 10.0 Å². The number of hydrogen-bond donors (Lipinski definition) is 1. The first-order valence-corrected chi connectivity index (χ1v) is 9.45. The van der Waals surface area contributed by atoms with E-state index in [2.05, 4.69) is 10.1 Å². The first-order chi connectivity index (χ1) is 13.4. The summed E-state index contributed by atoms with van der Waals surface area (Å²) in [4.78, 5) is 12.3. The lowest BCUT2D eigenvalue weighted by molar-refractivity contribution is -0.153. The van der Waals surface area contributed by atoms with Crippen LogP contribution in [0.15, 0.2) is 47.4 Å². The van der Waals surface area contributed by atoms with E-state index in [1.807, 2.05) is 0 Å². The number of sulfonamides is 1. The summed E-state index contributed by atoms with van der Waals surface area (Å²) in [6, 6.07) is 10.5. The number of halogens is 3. The number of nitriles is 1. The molecule has 0 aliphatic heterocycles. The summed E-state index contributed by atoms with van der Waals surface area (Å²) in [6.45, 7) is -1.55. The van der Waals surface area contributed by atoms with Gasteiger partial charge in [-0.05, 0) is 42.5 Å². The van der Waals surface area contributed by atoms with Crippen molar-refractivity contribution >= 4 is 21.6 Å². The number of benzene rings is 2. The molecule has 0 heterocycles. The summed E-state index contributed by atoms with van der Waals surface area (Å²) in [6.07, 6.45) is -4.55. The minimum Gasteiger partial charge on any atom is -0.483 e. The van der Waals surface area contributed by atoms with E-state index in [0.29, 0.717) is 0 Å². The van der Waals surface area contributed by atoms with E-state index in [1.165, 1.54) is 50.5 Å². The van der Waals surface area contributed by atoms with Gasteiger partial charge in [-0.2, -0.15) is 18.4 Å². The maximum absolute atomic E-state index is 12.3. The van der Waals surface area contributed by atoms with Gasteiger partial charge in [0, 0.05) is 25.3 Å². The maximum Gasteiger partial charge on any atom is 0.422 e. The van der Waals surface area contributed by atoms with Crippen LogP contribution in [0.5, 0.6) is 5.75 Å². The van der Waals surface area contributed by atoms with E-state index in [-0.39, 0.29) is 27.5 Å². The van der Waals surface area contributed by atoms with E-state index < -0.39 is 28.7 Å². The number of carbonyl (C=O) groups excluding carboxylic acids is 1. The minimum atomic E-state index is -4.55. The molecule has 2 rings (SSSR count). The molecule has 0 unspecified atom stereocenters. The number of amides is 1. The monoisotopic (exact) mass is 427 g/mol. The molecule has 154 valence electrons. The fraction of sp³-hybridized carbons (Fsp3) is 0.222. The average molecular weight is 427 g/mol. The van der Waals surface area contributed by atoms with Gasteiger partial charge in [-0.25, -0.2) is 12.7 Å². The topological polar surface area (TPSA) is 99.5 Å². The lowest BCUT2D eigenvalue weighted by Crippen LogP contribution is -2.22. The van der Waals surface area contributed by atoms with Crippen molar-refractivity contribution in [2.75, 3.05) is 26.0 Å². The first-order valence-electron chi connectivity index (χ1n) is 8.01. The second-order valence-corrected chi connectivity index (χ2v) is 8.14. The van der Waals surface area contributed by atoms with Crippen LogP contribution in [0.1, 0.15) is 15.9 Å². The molecule has 2 aromatic rings. The van der Waals surface area contributed by atoms with Crippen molar-refractivity contribution in [3.63, 3.8) is 0 Å². The van der Waals surface area contributed by atoms with Crippen LogP contribution in [0.2, 0.25) is 0 Å². The van der Waals surface area contributed by atoms with E-state index in [9.17, 15) is 26.4 Å². The zero-order chi connectivity index (χ0) is 21.8. The fourth-order valence-corrected chi connectivity index (χ4v) is 3.07. The Labute approximate surface area is 165 Å². The normalized spacial score (nSPS) is 11.8. The molecule has 7 nitrogen and oxygen atoms in total. The molecule has 0 bridgehead atoms. The van der Waals surface area contributed by atoms with Gasteiger partial charge in [-0.1, -0.05) is 0 Å². The Morgan fingerprint density at radius 1 is 1.17 bits per heavy atom. The largest absolute Gasteiger partial charge is 0.483 e. The number of alkyl halides is 3.